The molecule has 28 heavy (non-hydrogen) atoms. The van der Waals surface area contributed by atoms with E-state index in [4.69, 9.17) is 4.74 Å². The Morgan fingerprint density at radius 3 is 2.46 bits per heavy atom. The minimum Gasteiger partial charge on any atom is -0.469 e. The molecule has 0 unspecified atom stereocenters. The molecule has 0 aliphatic carbocycles. The van der Waals surface area contributed by atoms with Crippen LogP contribution in [0.25, 0.3) is 0 Å². The number of benzene rings is 2. The van der Waals surface area contributed by atoms with Gasteiger partial charge in [0.25, 0.3) is 10.2 Å². The second-order valence-corrected chi connectivity index (χ2v) is 8.41. The van der Waals surface area contributed by atoms with E-state index in [1.165, 1.54) is 15.7 Å². The van der Waals surface area contributed by atoms with Crippen molar-refractivity contribution in [3.8, 4) is 11.5 Å². The van der Waals surface area contributed by atoms with Crippen LogP contribution < -0.4 is 4.74 Å². The Labute approximate surface area is 165 Å². The molecule has 2 aromatic carbocycles. The number of methoxy groups -OCH3 is 1. The van der Waals surface area contributed by atoms with Crippen LogP contribution in [0, 0.1) is 0 Å². The molecule has 1 aliphatic heterocycles. The first kappa shape index (κ1) is 20.3. The first-order valence-corrected chi connectivity index (χ1v) is 10.5. The Hall–Kier alpha value is -2.42. The summed E-state index contributed by atoms with van der Waals surface area (Å²) in [5.41, 5.74) is 0.855. The van der Waals surface area contributed by atoms with Crippen LogP contribution in [-0.2, 0) is 26.3 Å². The number of ether oxygens (including phenoxy) is 2. The summed E-state index contributed by atoms with van der Waals surface area (Å²) >= 11 is 0. The molecule has 0 aromatic heterocycles. The van der Waals surface area contributed by atoms with Gasteiger partial charge in [-0.3, -0.25) is 4.79 Å². The summed E-state index contributed by atoms with van der Waals surface area (Å²) in [6.07, 6.45) is 0.654. The number of nitrogens with zero attached hydrogens (tertiary/aromatic N) is 2. The average molecular weight is 404 g/mol. The van der Waals surface area contributed by atoms with Crippen LogP contribution in [0.2, 0.25) is 0 Å². The quantitative estimate of drug-likeness (QED) is 0.633. The molecule has 0 radical (unpaired) electrons. The molecular weight excluding hydrogens is 380 g/mol. The van der Waals surface area contributed by atoms with Crippen LogP contribution in [0.5, 0.6) is 11.5 Å². The van der Waals surface area contributed by atoms with Gasteiger partial charge in [-0.1, -0.05) is 30.3 Å². The third kappa shape index (κ3) is 5.09. The van der Waals surface area contributed by atoms with Gasteiger partial charge in [0.2, 0.25) is 0 Å². The predicted molar refractivity (Wildman–Crippen MR) is 105 cm³/mol. The van der Waals surface area contributed by atoms with E-state index in [-0.39, 0.29) is 18.9 Å². The van der Waals surface area contributed by atoms with Gasteiger partial charge in [0.1, 0.15) is 11.5 Å². The molecule has 150 valence electrons. The van der Waals surface area contributed by atoms with Crippen molar-refractivity contribution in [1.82, 2.24) is 8.61 Å². The number of hydrogen-bond acceptors (Lipinski definition) is 5. The van der Waals surface area contributed by atoms with Crippen LogP contribution in [-0.4, -0.2) is 49.7 Å². The lowest BCUT2D eigenvalue weighted by molar-refractivity contribution is -0.140. The van der Waals surface area contributed by atoms with Gasteiger partial charge in [-0.2, -0.15) is 17.0 Å². The van der Waals surface area contributed by atoms with Crippen molar-refractivity contribution in [2.45, 2.75) is 19.4 Å². The maximum absolute atomic E-state index is 12.7. The van der Waals surface area contributed by atoms with Gasteiger partial charge >= 0.3 is 5.97 Å². The third-order valence-electron chi connectivity index (χ3n) is 4.50. The normalized spacial score (nSPS) is 16.8. The SMILES string of the molecule is COC(=O)CCCN1CCN(Cc2cccc(Oc3ccccc3)c2)S1(=O)=O. The fourth-order valence-corrected chi connectivity index (χ4v) is 4.67. The van der Waals surface area contributed by atoms with Crippen molar-refractivity contribution >= 4 is 16.2 Å². The van der Waals surface area contributed by atoms with Gasteiger partial charge in [0.15, 0.2) is 0 Å². The second-order valence-electron chi connectivity index (χ2n) is 6.48. The molecule has 1 aliphatic rings. The molecule has 3 rings (SSSR count). The zero-order chi connectivity index (χ0) is 20.0. The lowest BCUT2D eigenvalue weighted by Gasteiger charge is -2.18. The van der Waals surface area contributed by atoms with Crippen molar-refractivity contribution in [3.63, 3.8) is 0 Å². The van der Waals surface area contributed by atoms with Crippen LogP contribution in [0.15, 0.2) is 54.6 Å². The van der Waals surface area contributed by atoms with Crippen LogP contribution in [0.4, 0.5) is 0 Å². The Bertz CT molecular complexity index is 902. The minimum absolute atomic E-state index is 0.210. The monoisotopic (exact) mass is 404 g/mol. The molecule has 0 saturated carbocycles. The molecular formula is C20H24N2O5S. The smallest absolute Gasteiger partial charge is 0.305 e. The van der Waals surface area contributed by atoms with Crippen molar-refractivity contribution in [2.75, 3.05) is 26.7 Å². The summed E-state index contributed by atoms with van der Waals surface area (Å²) < 4.78 is 38.7. The first-order chi connectivity index (χ1) is 13.5. The van der Waals surface area contributed by atoms with Gasteiger partial charge in [0.05, 0.1) is 7.11 Å². The number of para-hydroxylation sites is 1. The van der Waals surface area contributed by atoms with E-state index in [9.17, 15) is 13.2 Å². The van der Waals surface area contributed by atoms with Crippen molar-refractivity contribution in [3.05, 3.63) is 60.2 Å². The standard InChI is InChI=1S/C20H24N2O5S/c1-26-20(23)11-6-12-21-13-14-22(28(21,24)25)16-17-7-5-10-19(15-17)27-18-8-3-2-4-9-18/h2-5,7-10,15H,6,11-14,16H2,1H3. The summed E-state index contributed by atoms with van der Waals surface area (Å²) in [4.78, 5) is 11.2. The first-order valence-electron chi connectivity index (χ1n) is 9.13. The number of carbonyl (C=O) groups is 1. The molecule has 0 N–H and O–H groups in total. The summed E-state index contributed by atoms with van der Waals surface area (Å²) in [6.45, 7) is 1.43. The highest BCUT2D eigenvalue weighted by Crippen LogP contribution is 2.25. The van der Waals surface area contributed by atoms with E-state index in [1.54, 1.807) is 0 Å². The largest absolute Gasteiger partial charge is 0.469 e. The fraction of sp³-hybridized carbons (Fsp3) is 0.350. The summed E-state index contributed by atoms with van der Waals surface area (Å²) in [5, 5.41) is 0. The lowest BCUT2D eigenvalue weighted by atomic mass is 10.2. The van der Waals surface area contributed by atoms with E-state index in [0.717, 1.165) is 11.3 Å². The van der Waals surface area contributed by atoms with Gasteiger partial charge in [0, 0.05) is 32.6 Å². The zero-order valence-electron chi connectivity index (χ0n) is 15.8. The van der Waals surface area contributed by atoms with E-state index >= 15 is 0 Å². The number of carbonyl (C=O) groups excluding carboxylic acids is 1. The number of esters is 1. The third-order valence-corrected chi connectivity index (χ3v) is 6.49. The molecule has 0 bridgehead atoms. The highest BCUT2D eigenvalue weighted by Gasteiger charge is 2.36. The van der Waals surface area contributed by atoms with Crippen LogP contribution in [0.1, 0.15) is 18.4 Å². The average Bonchev–Trinajstić information content (AvgIpc) is 2.96. The number of rotatable bonds is 8. The van der Waals surface area contributed by atoms with Crippen LogP contribution in [0.3, 0.4) is 0 Å². The Balaban J connectivity index is 1.61. The molecule has 7 nitrogen and oxygen atoms in total. The molecule has 0 amide bonds. The predicted octanol–water partition coefficient (Wildman–Crippen LogP) is 2.79. The summed E-state index contributed by atoms with van der Waals surface area (Å²) in [5.74, 6) is 1.06. The Morgan fingerprint density at radius 1 is 1.00 bits per heavy atom. The van der Waals surface area contributed by atoms with Gasteiger partial charge in [-0.25, -0.2) is 0 Å². The van der Waals surface area contributed by atoms with Gasteiger partial charge in [-0.15, -0.1) is 0 Å². The summed E-state index contributed by atoms with van der Waals surface area (Å²) in [6, 6.07) is 16.9. The van der Waals surface area contributed by atoms with E-state index in [1.807, 2.05) is 54.6 Å². The topological polar surface area (TPSA) is 76.2 Å². The maximum atomic E-state index is 12.7. The van der Waals surface area contributed by atoms with Crippen molar-refractivity contribution in [2.24, 2.45) is 0 Å². The molecule has 0 atom stereocenters. The lowest BCUT2D eigenvalue weighted by Crippen LogP contribution is -2.33. The number of hydrogen-bond donors (Lipinski definition) is 0. The molecule has 8 heteroatoms. The van der Waals surface area contributed by atoms with E-state index < -0.39 is 10.2 Å². The fourth-order valence-electron chi connectivity index (χ4n) is 3.04. The Morgan fingerprint density at radius 2 is 1.71 bits per heavy atom. The maximum Gasteiger partial charge on any atom is 0.305 e. The molecule has 0 spiro atoms. The summed E-state index contributed by atoms with van der Waals surface area (Å²) in [7, 11) is -2.20. The molecule has 1 heterocycles. The van der Waals surface area contributed by atoms with Crippen molar-refractivity contribution < 1.29 is 22.7 Å². The van der Waals surface area contributed by atoms with Gasteiger partial charge in [-0.05, 0) is 36.2 Å². The highest BCUT2D eigenvalue weighted by atomic mass is 32.2. The van der Waals surface area contributed by atoms with Crippen molar-refractivity contribution in [1.29, 1.82) is 0 Å². The minimum atomic E-state index is -3.53. The van der Waals surface area contributed by atoms with Gasteiger partial charge < -0.3 is 9.47 Å². The highest BCUT2D eigenvalue weighted by molar-refractivity contribution is 7.87. The van der Waals surface area contributed by atoms with E-state index in [0.29, 0.717) is 31.8 Å². The second kappa shape index (κ2) is 9.18. The molecule has 1 saturated heterocycles. The Kier molecular flexibility index (Phi) is 6.66. The van der Waals surface area contributed by atoms with Crippen LogP contribution >= 0.6 is 0 Å². The zero-order valence-corrected chi connectivity index (χ0v) is 16.6. The van der Waals surface area contributed by atoms with E-state index in [2.05, 4.69) is 4.74 Å². The molecule has 2 aromatic rings. The molecule has 1 fully saturated rings.